The summed E-state index contributed by atoms with van der Waals surface area (Å²) < 4.78 is 10.1. The lowest BCUT2D eigenvalue weighted by Crippen LogP contribution is -1.82. The summed E-state index contributed by atoms with van der Waals surface area (Å²) in [6.45, 7) is 0.496. The summed E-state index contributed by atoms with van der Waals surface area (Å²) in [5.41, 5.74) is 0. The average molecular weight is 229 g/mol. The smallest absolute Gasteiger partial charge is 0.284 e. The van der Waals surface area contributed by atoms with E-state index >= 15 is 0 Å². The van der Waals surface area contributed by atoms with Gasteiger partial charge in [-0.25, -0.2) is 10.1 Å². The van der Waals surface area contributed by atoms with Gasteiger partial charge in [-0.1, -0.05) is 0 Å². The number of nitrogens with zero attached hydrogens (tertiary/aromatic N) is 2. The van der Waals surface area contributed by atoms with Crippen LogP contribution in [0.5, 0.6) is 0 Å². The zero-order valence-electron chi connectivity index (χ0n) is 7.31. The Morgan fingerprint density at radius 2 is 2.57 bits per heavy atom. The molecule has 0 aliphatic rings. The van der Waals surface area contributed by atoms with E-state index in [1.807, 2.05) is 0 Å². The third-order valence-corrected chi connectivity index (χ3v) is 2.60. The molecule has 0 aliphatic carbocycles. The van der Waals surface area contributed by atoms with Crippen LogP contribution >= 0.6 is 23.6 Å². The van der Waals surface area contributed by atoms with E-state index < -0.39 is 0 Å². The van der Waals surface area contributed by atoms with Gasteiger partial charge in [0.25, 0.3) is 10.7 Å². The Morgan fingerprint density at radius 1 is 1.71 bits per heavy atom. The van der Waals surface area contributed by atoms with Crippen molar-refractivity contribution in [3.05, 3.63) is 16.0 Å². The third-order valence-electron chi connectivity index (χ3n) is 1.47. The van der Waals surface area contributed by atoms with Crippen LogP contribution in [0.4, 0.5) is 0 Å². The minimum atomic E-state index is 0.265. The molecule has 2 heterocycles. The van der Waals surface area contributed by atoms with Crippen LogP contribution in [0.1, 0.15) is 5.01 Å². The molecule has 2 rings (SSSR count). The molecule has 0 unspecified atom stereocenters. The summed E-state index contributed by atoms with van der Waals surface area (Å²) in [6, 6.07) is 0. The number of hydrogen-bond acceptors (Lipinski definition) is 6. The zero-order valence-corrected chi connectivity index (χ0v) is 8.94. The number of nitrogens with one attached hydrogen (secondary N) is 1. The Bertz CT molecular complexity index is 473. The van der Waals surface area contributed by atoms with Gasteiger partial charge in [-0.05, 0) is 12.2 Å². The molecule has 0 spiro atoms. The van der Waals surface area contributed by atoms with E-state index in [2.05, 4.69) is 15.2 Å². The highest BCUT2D eigenvalue weighted by molar-refractivity contribution is 7.71. The van der Waals surface area contributed by atoms with Gasteiger partial charge >= 0.3 is 0 Å². The van der Waals surface area contributed by atoms with Crippen molar-refractivity contribution in [3.63, 3.8) is 0 Å². The number of ether oxygens (including phenoxy) is 1. The first-order chi connectivity index (χ1) is 6.79. The van der Waals surface area contributed by atoms with E-state index in [0.717, 1.165) is 9.88 Å². The van der Waals surface area contributed by atoms with Gasteiger partial charge < -0.3 is 9.15 Å². The fourth-order valence-corrected chi connectivity index (χ4v) is 1.88. The van der Waals surface area contributed by atoms with Crippen LogP contribution < -0.4 is 0 Å². The molecule has 0 radical (unpaired) electrons. The quantitative estimate of drug-likeness (QED) is 0.815. The van der Waals surface area contributed by atoms with E-state index in [1.165, 1.54) is 11.3 Å². The Balaban J connectivity index is 2.28. The molecule has 0 saturated carbocycles. The van der Waals surface area contributed by atoms with Crippen molar-refractivity contribution in [2.24, 2.45) is 0 Å². The van der Waals surface area contributed by atoms with Gasteiger partial charge in [0, 0.05) is 7.11 Å². The van der Waals surface area contributed by atoms with E-state index in [0.29, 0.717) is 12.5 Å². The summed E-state index contributed by atoms with van der Waals surface area (Å²) in [4.78, 5) is 5.24. The normalized spacial score (nSPS) is 10.6. The van der Waals surface area contributed by atoms with E-state index in [4.69, 9.17) is 21.4 Å². The minimum absolute atomic E-state index is 0.265. The van der Waals surface area contributed by atoms with Gasteiger partial charge in [-0.2, -0.15) is 0 Å². The summed E-state index contributed by atoms with van der Waals surface area (Å²) in [5, 5.41) is 7.33. The second kappa shape index (κ2) is 3.99. The maximum atomic E-state index is 5.14. The standard InChI is InChI=1S/C7H7N3O2S2/c1-11-3-5-8-2-4(14-5)6-9-10-7(13)12-6/h2H,3H2,1H3,(H,10,13). The van der Waals surface area contributed by atoms with Crippen molar-refractivity contribution in [1.29, 1.82) is 0 Å². The number of rotatable bonds is 3. The van der Waals surface area contributed by atoms with Gasteiger partial charge in [0.15, 0.2) is 0 Å². The Labute approximate surface area is 88.8 Å². The van der Waals surface area contributed by atoms with E-state index in [-0.39, 0.29) is 4.84 Å². The molecule has 14 heavy (non-hydrogen) atoms. The Morgan fingerprint density at radius 3 is 3.21 bits per heavy atom. The first-order valence-corrected chi connectivity index (χ1v) is 5.01. The maximum absolute atomic E-state index is 5.14. The number of thiazole rings is 1. The van der Waals surface area contributed by atoms with Crippen LogP contribution in [0.25, 0.3) is 10.8 Å². The van der Waals surface area contributed by atoms with Crippen LogP contribution in [0.2, 0.25) is 0 Å². The molecule has 0 saturated heterocycles. The van der Waals surface area contributed by atoms with E-state index in [9.17, 15) is 0 Å². The number of aromatic nitrogens is 3. The largest absolute Gasteiger partial charge is 0.408 e. The highest BCUT2D eigenvalue weighted by Gasteiger charge is 2.08. The molecule has 0 aromatic carbocycles. The van der Waals surface area contributed by atoms with E-state index in [1.54, 1.807) is 13.3 Å². The molecule has 2 aromatic heterocycles. The second-order valence-electron chi connectivity index (χ2n) is 2.47. The number of hydrogen-bond donors (Lipinski definition) is 1. The van der Waals surface area contributed by atoms with Gasteiger partial charge in [0.1, 0.15) is 9.88 Å². The van der Waals surface area contributed by atoms with Crippen LogP contribution in [0, 0.1) is 4.84 Å². The predicted octanol–water partition coefficient (Wildman–Crippen LogP) is 2.00. The Hall–Kier alpha value is -1.05. The van der Waals surface area contributed by atoms with Crippen molar-refractivity contribution in [2.45, 2.75) is 6.61 Å². The summed E-state index contributed by atoms with van der Waals surface area (Å²) in [7, 11) is 1.63. The molecular formula is C7H7N3O2S2. The maximum Gasteiger partial charge on any atom is 0.284 e. The topological polar surface area (TPSA) is 63.9 Å². The summed E-state index contributed by atoms with van der Waals surface area (Å²) >= 11 is 6.23. The summed E-state index contributed by atoms with van der Waals surface area (Å²) in [5.74, 6) is 0.467. The summed E-state index contributed by atoms with van der Waals surface area (Å²) in [6.07, 6.45) is 1.69. The molecule has 1 N–H and O–H groups in total. The van der Waals surface area contributed by atoms with Crippen molar-refractivity contribution in [1.82, 2.24) is 15.2 Å². The molecule has 0 amide bonds. The van der Waals surface area contributed by atoms with Crippen molar-refractivity contribution in [3.8, 4) is 10.8 Å². The molecular weight excluding hydrogens is 222 g/mol. The van der Waals surface area contributed by atoms with Gasteiger partial charge in [-0.3, -0.25) is 0 Å². The number of H-pyrrole nitrogens is 1. The first kappa shape index (κ1) is 9.50. The van der Waals surface area contributed by atoms with Gasteiger partial charge in [-0.15, -0.1) is 16.4 Å². The van der Waals surface area contributed by atoms with Crippen LogP contribution in [0.3, 0.4) is 0 Å². The molecule has 7 heteroatoms. The third kappa shape index (κ3) is 1.89. The fourth-order valence-electron chi connectivity index (χ4n) is 0.935. The lowest BCUT2D eigenvalue weighted by Gasteiger charge is -1.88. The molecule has 2 aromatic rings. The van der Waals surface area contributed by atoms with Crippen LogP contribution in [0.15, 0.2) is 10.6 Å². The molecule has 74 valence electrons. The monoisotopic (exact) mass is 229 g/mol. The highest BCUT2D eigenvalue weighted by Crippen LogP contribution is 2.24. The molecule has 0 bridgehead atoms. The molecule has 0 aliphatic heterocycles. The average Bonchev–Trinajstić information content (AvgIpc) is 2.74. The Kier molecular flexibility index (Phi) is 2.71. The predicted molar refractivity (Wildman–Crippen MR) is 53.5 cm³/mol. The fraction of sp³-hybridized carbons (Fsp3) is 0.286. The number of aromatic amines is 1. The van der Waals surface area contributed by atoms with Crippen molar-refractivity contribution >= 4 is 23.6 Å². The minimum Gasteiger partial charge on any atom is -0.408 e. The van der Waals surface area contributed by atoms with Gasteiger partial charge in [0.2, 0.25) is 0 Å². The second-order valence-corrected chi connectivity index (χ2v) is 3.96. The molecule has 0 fully saturated rings. The molecule has 0 atom stereocenters. The first-order valence-electron chi connectivity index (χ1n) is 3.79. The van der Waals surface area contributed by atoms with Crippen molar-refractivity contribution in [2.75, 3.05) is 7.11 Å². The lowest BCUT2D eigenvalue weighted by atomic mass is 10.5. The highest BCUT2D eigenvalue weighted by atomic mass is 32.1. The van der Waals surface area contributed by atoms with Gasteiger partial charge in [0.05, 0.1) is 12.8 Å². The lowest BCUT2D eigenvalue weighted by molar-refractivity contribution is 0.184. The van der Waals surface area contributed by atoms with Crippen LogP contribution in [-0.2, 0) is 11.3 Å². The van der Waals surface area contributed by atoms with Crippen LogP contribution in [-0.4, -0.2) is 22.3 Å². The zero-order chi connectivity index (χ0) is 9.97. The number of methoxy groups -OCH3 is 1. The SMILES string of the molecule is COCc1ncc(-c2n[nH]c(=S)o2)s1. The van der Waals surface area contributed by atoms with Crippen molar-refractivity contribution < 1.29 is 9.15 Å². The molecule has 5 nitrogen and oxygen atoms in total.